The summed E-state index contributed by atoms with van der Waals surface area (Å²) >= 11 is 0. The number of imidazole rings is 1. The fourth-order valence-electron chi connectivity index (χ4n) is 2.33. The molecule has 2 amide bonds. The molecule has 2 aromatic heterocycles. The van der Waals surface area contributed by atoms with Crippen molar-refractivity contribution >= 4 is 17.4 Å². The number of amides is 2. The van der Waals surface area contributed by atoms with E-state index in [-0.39, 0.29) is 6.03 Å². The fraction of sp³-hybridized carbons (Fsp3) is 0.222. The molecule has 0 fully saturated rings. The van der Waals surface area contributed by atoms with Gasteiger partial charge in [-0.05, 0) is 38.0 Å². The van der Waals surface area contributed by atoms with Crippen molar-refractivity contribution < 1.29 is 4.79 Å². The summed E-state index contributed by atoms with van der Waals surface area (Å²) in [4.78, 5) is 24.8. The summed E-state index contributed by atoms with van der Waals surface area (Å²) in [6, 6.07) is 7.39. The van der Waals surface area contributed by atoms with Gasteiger partial charge in [-0.2, -0.15) is 0 Å². The number of aryl methyl sites for hydroxylation is 2. The number of urea groups is 1. The molecule has 0 atom stereocenters. The van der Waals surface area contributed by atoms with Gasteiger partial charge in [0.1, 0.15) is 6.33 Å². The van der Waals surface area contributed by atoms with E-state index >= 15 is 0 Å². The second-order valence-electron chi connectivity index (χ2n) is 5.69. The highest BCUT2D eigenvalue weighted by Gasteiger charge is 2.08. The number of aromatic nitrogens is 4. The average molecular weight is 336 g/mol. The Labute approximate surface area is 146 Å². The molecule has 0 saturated heterocycles. The Morgan fingerprint density at radius 1 is 1.00 bits per heavy atom. The Balaban J connectivity index is 1.64. The van der Waals surface area contributed by atoms with Gasteiger partial charge in [0.05, 0.1) is 23.8 Å². The van der Waals surface area contributed by atoms with Crippen molar-refractivity contribution in [1.29, 1.82) is 0 Å². The van der Waals surface area contributed by atoms with Gasteiger partial charge in [0, 0.05) is 11.4 Å². The van der Waals surface area contributed by atoms with E-state index in [9.17, 15) is 4.79 Å². The number of carbonyl (C=O) groups is 1. The molecule has 7 nitrogen and oxygen atoms in total. The van der Waals surface area contributed by atoms with Crippen LogP contribution in [-0.2, 0) is 6.42 Å². The number of hydrogen-bond donors (Lipinski definition) is 2. The molecular weight excluding hydrogens is 316 g/mol. The normalized spacial score (nSPS) is 10.5. The van der Waals surface area contributed by atoms with Crippen LogP contribution in [0.3, 0.4) is 0 Å². The minimum atomic E-state index is -0.338. The monoisotopic (exact) mass is 336 g/mol. The molecule has 0 spiro atoms. The Hall–Kier alpha value is -3.22. The number of carbonyl (C=O) groups excluding carboxylic acids is 1. The summed E-state index contributed by atoms with van der Waals surface area (Å²) in [5.74, 6) is 0.513. The van der Waals surface area contributed by atoms with Crippen molar-refractivity contribution in [3.63, 3.8) is 0 Å². The Kier molecular flexibility index (Phi) is 4.74. The van der Waals surface area contributed by atoms with Crippen LogP contribution in [0.1, 0.15) is 23.9 Å². The van der Waals surface area contributed by atoms with E-state index in [0.29, 0.717) is 11.6 Å². The van der Waals surface area contributed by atoms with Crippen LogP contribution in [-0.4, -0.2) is 25.6 Å². The maximum absolute atomic E-state index is 12.1. The van der Waals surface area contributed by atoms with Crippen LogP contribution in [0.4, 0.5) is 16.2 Å². The number of nitrogens with one attached hydrogen (secondary N) is 2. The first-order valence-corrected chi connectivity index (χ1v) is 8.06. The predicted octanol–water partition coefficient (Wildman–Crippen LogP) is 3.49. The van der Waals surface area contributed by atoms with Gasteiger partial charge in [-0.25, -0.2) is 19.7 Å². The molecule has 128 valence electrons. The lowest BCUT2D eigenvalue weighted by molar-refractivity contribution is 0.262. The third-order valence-electron chi connectivity index (χ3n) is 3.98. The van der Waals surface area contributed by atoms with E-state index in [2.05, 4.69) is 32.5 Å². The van der Waals surface area contributed by atoms with Crippen LogP contribution in [0, 0.1) is 13.8 Å². The van der Waals surface area contributed by atoms with Crippen LogP contribution in [0.2, 0.25) is 0 Å². The van der Waals surface area contributed by atoms with E-state index in [1.165, 1.54) is 5.56 Å². The van der Waals surface area contributed by atoms with E-state index in [1.807, 2.05) is 38.1 Å². The van der Waals surface area contributed by atoms with Crippen LogP contribution in [0.25, 0.3) is 5.95 Å². The molecule has 2 heterocycles. The molecule has 0 aliphatic rings. The lowest BCUT2D eigenvalue weighted by Crippen LogP contribution is -2.19. The van der Waals surface area contributed by atoms with Gasteiger partial charge in [0.25, 0.3) is 0 Å². The smallest absolute Gasteiger partial charge is 0.308 e. The van der Waals surface area contributed by atoms with Crippen molar-refractivity contribution in [2.75, 3.05) is 10.6 Å². The number of rotatable bonds is 4. The minimum absolute atomic E-state index is 0.338. The van der Waals surface area contributed by atoms with Gasteiger partial charge >= 0.3 is 6.03 Å². The Morgan fingerprint density at radius 2 is 1.64 bits per heavy atom. The summed E-state index contributed by atoms with van der Waals surface area (Å²) in [6.07, 6.45) is 5.78. The molecule has 1 aromatic carbocycles. The van der Waals surface area contributed by atoms with Crippen LogP contribution >= 0.6 is 0 Å². The number of benzene rings is 1. The molecule has 7 heteroatoms. The topological polar surface area (TPSA) is 84.7 Å². The van der Waals surface area contributed by atoms with Crippen molar-refractivity contribution in [1.82, 2.24) is 19.5 Å². The minimum Gasteiger partial charge on any atom is -0.308 e. The summed E-state index contributed by atoms with van der Waals surface area (Å²) in [6.45, 7) is 5.97. The third kappa shape index (κ3) is 3.82. The van der Waals surface area contributed by atoms with Gasteiger partial charge in [-0.3, -0.25) is 4.57 Å². The van der Waals surface area contributed by atoms with Crippen molar-refractivity contribution in [2.45, 2.75) is 27.2 Å². The van der Waals surface area contributed by atoms with Gasteiger partial charge in [0.15, 0.2) is 0 Å². The number of nitrogens with zero attached hydrogens (tertiary/aromatic N) is 4. The standard InChI is InChI=1S/C18H20N6O/c1-4-14-5-7-15(8-6-14)22-18(25)23-16-9-19-17(20-10-16)24-11-21-12(2)13(24)3/h5-11H,4H2,1-3H3,(H2,22,23,25). The molecule has 0 unspecified atom stereocenters. The number of hydrogen-bond acceptors (Lipinski definition) is 4. The summed E-state index contributed by atoms with van der Waals surface area (Å²) in [5, 5.41) is 5.50. The first-order valence-electron chi connectivity index (χ1n) is 8.06. The fourth-order valence-corrected chi connectivity index (χ4v) is 2.33. The molecular formula is C18H20N6O. The van der Waals surface area contributed by atoms with E-state index in [1.54, 1.807) is 23.3 Å². The van der Waals surface area contributed by atoms with Crippen molar-refractivity contribution in [2.24, 2.45) is 0 Å². The highest BCUT2D eigenvalue weighted by Crippen LogP contribution is 2.13. The zero-order chi connectivity index (χ0) is 17.8. The zero-order valence-electron chi connectivity index (χ0n) is 14.4. The zero-order valence-corrected chi connectivity index (χ0v) is 14.4. The largest absolute Gasteiger partial charge is 0.323 e. The molecule has 2 N–H and O–H groups in total. The Morgan fingerprint density at radius 3 is 2.20 bits per heavy atom. The quantitative estimate of drug-likeness (QED) is 0.764. The highest BCUT2D eigenvalue weighted by atomic mass is 16.2. The van der Waals surface area contributed by atoms with Crippen LogP contribution < -0.4 is 10.6 Å². The molecule has 3 aromatic rings. The molecule has 0 bridgehead atoms. The van der Waals surface area contributed by atoms with Gasteiger partial charge < -0.3 is 10.6 Å². The van der Waals surface area contributed by atoms with Gasteiger partial charge in [-0.15, -0.1) is 0 Å². The maximum Gasteiger partial charge on any atom is 0.323 e. The molecule has 0 aliphatic heterocycles. The van der Waals surface area contributed by atoms with Crippen molar-refractivity contribution in [3.05, 3.63) is 59.9 Å². The number of anilines is 2. The SMILES string of the molecule is CCc1ccc(NC(=O)Nc2cnc(-n3cnc(C)c3C)nc2)cc1. The third-order valence-corrected chi connectivity index (χ3v) is 3.98. The first-order chi connectivity index (χ1) is 12.1. The predicted molar refractivity (Wildman–Crippen MR) is 97.1 cm³/mol. The molecule has 25 heavy (non-hydrogen) atoms. The van der Waals surface area contributed by atoms with E-state index in [4.69, 9.17) is 0 Å². The Bertz CT molecular complexity index is 868. The lowest BCUT2D eigenvalue weighted by atomic mass is 10.1. The first kappa shape index (κ1) is 16.6. The summed E-state index contributed by atoms with van der Waals surface area (Å²) in [7, 11) is 0. The molecule has 0 radical (unpaired) electrons. The van der Waals surface area contributed by atoms with Crippen molar-refractivity contribution in [3.8, 4) is 5.95 Å². The second kappa shape index (κ2) is 7.12. The maximum atomic E-state index is 12.1. The van der Waals surface area contributed by atoms with Gasteiger partial charge in [0.2, 0.25) is 5.95 Å². The van der Waals surface area contributed by atoms with Crippen LogP contribution in [0.15, 0.2) is 43.0 Å². The van der Waals surface area contributed by atoms with Gasteiger partial charge in [-0.1, -0.05) is 19.1 Å². The molecule has 3 rings (SSSR count). The summed E-state index contributed by atoms with van der Waals surface area (Å²) < 4.78 is 1.80. The second-order valence-corrected chi connectivity index (χ2v) is 5.69. The lowest BCUT2D eigenvalue weighted by Gasteiger charge is -2.08. The molecule has 0 aliphatic carbocycles. The molecule has 0 saturated carbocycles. The average Bonchev–Trinajstić information content (AvgIpc) is 2.95. The van der Waals surface area contributed by atoms with Crippen LogP contribution in [0.5, 0.6) is 0 Å². The van der Waals surface area contributed by atoms with E-state index in [0.717, 1.165) is 23.5 Å². The summed E-state index contributed by atoms with van der Waals surface area (Å²) in [5.41, 5.74) is 4.38. The highest BCUT2D eigenvalue weighted by molar-refractivity contribution is 5.99. The van der Waals surface area contributed by atoms with E-state index < -0.39 is 0 Å².